The Labute approximate surface area is 133 Å². The predicted molar refractivity (Wildman–Crippen MR) is 91.8 cm³/mol. The molecule has 2 nitrogen and oxygen atoms in total. The van der Waals surface area contributed by atoms with Crippen LogP contribution in [0, 0.1) is 11.8 Å². The van der Waals surface area contributed by atoms with Crippen molar-refractivity contribution in [3.63, 3.8) is 0 Å². The van der Waals surface area contributed by atoms with Gasteiger partial charge in [-0.3, -0.25) is 0 Å². The van der Waals surface area contributed by atoms with Gasteiger partial charge in [0.05, 0.1) is 0 Å². The van der Waals surface area contributed by atoms with Gasteiger partial charge in [-0.1, -0.05) is 52.4 Å². The van der Waals surface area contributed by atoms with Crippen molar-refractivity contribution in [3.05, 3.63) is 0 Å². The first-order chi connectivity index (χ1) is 10.2. The van der Waals surface area contributed by atoms with E-state index in [-0.39, 0.29) is 0 Å². The summed E-state index contributed by atoms with van der Waals surface area (Å²) >= 11 is 0. The molecule has 0 radical (unpaired) electrons. The highest BCUT2D eigenvalue weighted by Gasteiger charge is 2.52. The Morgan fingerprint density at radius 1 is 0.667 bits per heavy atom. The predicted octanol–water partition coefficient (Wildman–Crippen LogP) is 5.66. The van der Waals surface area contributed by atoms with Crippen LogP contribution in [-0.4, -0.2) is 22.8 Å². The monoisotopic (exact) mass is 312 g/mol. The molecule has 0 atom stereocenters. The van der Waals surface area contributed by atoms with Crippen LogP contribution < -0.4 is 0 Å². The molecule has 2 aliphatic carbocycles. The molecule has 3 heteroatoms. The van der Waals surface area contributed by atoms with Crippen LogP contribution in [0.2, 0.25) is 11.1 Å². The minimum absolute atomic E-state index is 0.735. The molecule has 2 fully saturated rings. The summed E-state index contributed by atoms with van der Waals surface area (Å²) in [5.74, 6) is 1.91. The maximum atomic E-state index is 6.22. The van der Waals surface area contributed by atoms with Gasteiger partial charge in [0.25, 0.3) is 0 Å². The zero-order valence-electron chi connectivity index (χ0n) is 14.7. The first-order valence-corrected chi connectivity index (χ1v) is 11.3. The minimum Gasteiger partial charge on any atom is -0.397 e. The molecular formula is C18H36O2Si. The van der Waals surface area contributed by atoms with Crippen LogP contribution in [-0.2, 0) is 8.85 Å². The van der Waals surface area contributed by atoms with Crippen LogP contribution in [0.25, 0.3) is 0 Å². The van der Waals surface area contributed by atoms with Crippen LogP contribution in [0.3, 0.4) is 0 Å². The highest BCUT2D eigenvalue weighted by Crippen LogP contribution is 2.50. The Morgan fingerprint density at radius 3 is 1.24 bits per heavy atom. The van der Waals surface area contributed by atoms with Crippen LogP contribution in [0.15, 0.2) is 0 Å². The Balaban J connectivity index is 2.02. The van der Waals surface area contributed by atoms with E-state index >= 15 is 0 Å². The van der Waals surface area contributed by atoms with Crippen molar-refractivity contribution in [2.24, 2.45) is 11.8 Å². The van der Waals surface area contributed by atoms with Gasteiger partial charge in [0.2, 0.25) is 0 Å². The fourth-order valence-corrected chi connectivity index (χ4v) is 9.47. The third kappa shape index (κ3) is 3.73. The summed E-state index contributed by atoms with van der Waals surface area (Å²) in [6.07, 6.45) is 13.7. The number of rotatable bonds is 6. The molecule has 2 saturated carbocycles. The van der Waals surface area contributed by atoms with E-state index in [0.717, 1.165) is 22.9 Å². The van der Waals surface area contributed by atoms with Crippen molar-refractivity contribution >= 4 is 8.56 Å². The smallest absolute Gasteiger partial charge is 0.344 e. The topological polar surface area (TPSA) is 18.5 Å². The molecule has 21 heavy (non-hydrogen) atoms. The molecule has 0 aromatic heterocycles. The summed E-state index contributed by atoms with van der Waals surface area (Å²) in [5.41, 5.74) is 1.47. The molecule has 0 N–H and O–H groups in total. The van der Waals surface area contributed by atoms with Crippen LogP contribution in [0.1, 0.15) is 78.1 Å². The molecule has 0 saturated heterocycles. The SMILES string of the molecule is CCC1CCC([Si](OC)(OC)C2CCC(CC)CC2)CC1. The fourth-order valence-electron chi connectivity index (χ4n) is 5.03. The van der Waals surface area contributed by atoms with Crippen molar-refractivity contribution < 1.29 is 8.85 Å². The Hall–Kier alpha value is 0.137. The number of hydrogen-bond acceptors (Lipinski definition) is 2. The van der Waals surface area contributed by atoms with Gasteiger partial charge in [0.1, 0.15) is 0 Å². The van der Waals surface area contributed by atoms with E-state index in [0.29, 0.717) is 0 Å². The van der Waals surface area contributed by atoms with Crippen molar-refractivity contribution in [2.75, 3.05) is 14.2 Å². The maximum Gasteiger partial charge on any atom is 0.344 e. The van der Waals surface area contributed by atoms with E-state index in [2.05, 4.69) is 13.8 Å². The van der Waals surface area contributed by atoms with Crippen molar-refractivity contribution in [3.8, 4) is 0 Å². The van der Waals surface area contributed by atoms with Crippen molar-refractivity contribution in [2.45, 2.75) is 89.1 Å². The van der Waals surface area contributed by atoms with Gasteiger partial charge >= 0.3 is 8.56 Å². The molecule has 0 amide bonds. The molecule has 0 unspecified atom stereocenters. The highest BCUT2D eigenvalue weighted by molar-refractivity contribution is 6.70. The minimum atomic E-state index is -2.03. The molecule has 0 heterocycles. The molecule has 0 bridgehead atoms. The maximum absolute atomic E-state index is 6.22. The van der Waals surface area contributed by atoms with Gasteiger partial charge < -0.3 is 8.85 Å². The lowest BCUT2D eigenvalue weighted by atomic mass is 9.87. The van der Waals surface area contributed by atoms with Gasteiger partial charge in [-0.15, -0.1) is 0 Å². The summed E-state index contributed by atoms with van der Waals surface area (Å²) in [7, 11) is 1.85. The van der Waals surface area contributed by atoms with E-state index in [9.17, 15) is 0 Å². The lowest BCUT2D eigenvalue weighted by Gasteiger charge is -2.45. The molecule has 124 valence electrons. The Bertz CT molecular complexity index is 262. The third-order valence-electron chi connectivity index (χ3n) is 6.62. The van der Waals surface area contributed by atoms with Gasteiger partial charge in [-0.2, -0.15) is 0 Å². The molecule has 2 rings (SSSR count). The van der Waals surface area contributed by atoms with E-state index < -0.39 is 8.56 Å². The summed E-state index contributed by atoms with van der Waals surface area (Å²) in [6.45, 7) is 4.68. The van der Waals surface area contributed by atoms with Crippen molar-refractivity contribution in [1.82, 2.24) is 0 Å². The third-order valence-corrected chi connectivity index (χ3v) is 11.3. The van der Waals surface area contributed by atoms with Crippen LogP contribution >= 0.6 is 0 Å². The second-order valence-electron chi connectivity index (χ2n) is 7.38. The lowest BCUT2D eigenvalue weighted by molar-refractivity contribution is 0.178. The average Bonchev–Trinajstić information content (AvgIpc) is 2.57. The van der Waals surface area contributed by atoms with Crippen LogP contribution in [0.5, 0.6) is 0 Å². The average molecular weight is 313 g/mol. The second kappa shape index (κ2) is 8.12. The van der Waals surface area contributed by atoms with E-state index in [1.54, 1.807) is 0 Å². The molecule has 0 aromatic carbocycles. The summed E-state index contributed by atoms with van der Waals surface area (Å²) in [6, 6.07) is 0. The largest absolute Gasteiger partial charge is 0.397 e. The van der Waals surface area contributed by atoms with Gasteiger partial charge in [0.15, 0.2) is 0 Å². The van der Waals surface area contributed by atoms with E-state index in [1.807, 2.05) is 14.2 Å². The Morgan fingerprint density at radius 2 is 1.00 bits per heavy atom. The standard InChI is InChI=1S/C18H36O2Si/c1-5-15-7-11-17(12-8-15)21(19-3,20-4)18-13-9-16(6-2)10-14-18/h15-18H,5-14H2,1-4H3. The quantitative estimate of drug-likeness (QED) is 0.589. The Kier molecular flexibility index (Phi) is 6.76. The fraction of sp³-hybridized carbons (Fsp3) is 1.00. The highest BCUT2D eigenvalue weighted by atomic mass is 28.4. The van der Waals surface area contributed by atoms with Gasteiger partial charge in [-0.05, 0) is 37.5 Å². The molecule has 0 aromatic rings. The molecule has 0 aliphatic heterocycles. The van der Waals surface area contributed by atoms with Crippen LogP contribution in [0.4, 0.5) is 0 Å². The zero-order valence-corrected chi connectivity index (χ0v) is 15.7. The van der Waals surface area contributed by atoms with E-state index in [4.69, 9.17) is 8.85 Å². The van der Waals surface area contributed by atoms with Gasteiger partial charge in [-0.25, -0.2) is 0 Å². The molecule has 0 spiro atoms. The lowest BCUT2D eigenvalue weighted by Crippen LogP contribution is -2.51. The molecular weight excluding hydrogens is 276 g/mol. The summed E-state index contributed by atoms with van der Waals surface area (Å²) in [5, 5.41) is 0. The summed E-state index contributed by atoms with van der Waals surface area (Å²) < 4.78 is 12.4. The number of hydrogen-bond donors (Lipinski definition) is 0. The van der Waals surface area contributed by atoms with Crippen molar-refractivity contribution in [1.29, 1.82) is 0 Å². The first-order valence-electron chi connectivity index (χ1n) is 9.30. The van der Waals surface area contributed by atoms with Gasteiger partial charge in [0, 0.05) is 25.3 Å². The zero-order chi connectivity index (χ0) is 15.3. The summed E-state index contributed by atoms with van der Waals surface area (Å²) in [4.78, 5) is 0. The normalized spacial score (nSPS) is 34.9. The first kappa shape index (κ1) is 17.5. The van der Waals surface area contributed by atoms with E-state index in [1.165, 1.54) is 64.2 Å². The molecule has 2 aliphatic rings. The second-order valence-corrected chi connectivity index (χ2v) is 11.3.